The van der Waals surface area contributed by atoms with Crippen LogP contribution in [0.3, 0.4) is 0 Å². The molecule has 2 fully saturated rings. The second-order valence-corrected chi connectivity index (χ2v) is 7.64. The quantitative estimate of drug-likeness (QED) is 0.873. The Balaban J connectivity index is 1.48. The Hall–Kier alpha value is -1.43. The molecule has 2 aliphatic rings. The van der Waals surface area contributed by atoms with Gasteiger partial charge in [0.15, 0.2) is 0 Å². The first-order valence-electron chi connectivity index (χ1n) is 9.29. The van der Waals surface area contributed by atoms with E-state index < -0.39 is 17.3 Å². The zero-order chi connectivity index (χ0) is 17.9. The number of aliphatic hydroxyl groups is 2. The topological polar surface area (TPSA) is 70.0 Å². The van der Waals surface area contributed by atoms with E-state index in [-0.39, 0.29) is 5.91 Å². The second kappa shape index (κ2) is 7.44. The monoisotopic (exact) mass is 347 g/mol. The lowest BCUT2D eigenvalue weighted by Crippen LogP contribution is -2.64. The molecule has 0 aliphatic carbocycles. The van der Waals surface area contributed by atoms with Gasteiger partial charge in [-0.15, -0.1) is 0 Å². The molecule has 0 unspecified atom stereocenters. The Labute approximate surface area is 149 Å². The molecule has 1 aromatic carbocycles. The summed E-state index contributed by atoms with van der Waals surface area (Å²) in [4.78, 5) is 14.3. The van der Waals surface area contributed by atoms with Gasteiger partial charge < -0.3 is 19.8 Å². The first-order valence-corrected chi connectivity index (χ1v) is 9.29. The van der Waals surface area contributed by atoms with Gasteiger partial charge >= 0.3 is 0 Å². The van der Waals surface area contributed by atoms with Gasteiger partial charge in [-0.2, -0.15) is 0 Å². The summed E-state index contributed by atoms with van der Waals surface area (Å²) in [5.74, 6) is 0.169. The number of hydrogen-bond donors (Lipinski definition) is 2. The van der Waals surface area contributed by atoms with Crippen LogP contribution in [0.5, 0.6) is 0 Å². The van der Waals surface area contributed by atoms with Gasteiger partial charge in [0.25, 0.3) is 0 Å². The lowest BCUT2D eigenvalue weighted by molar-refractivity contribution is -0.245. The van der Waals surface area contributed by atoms with Crippen molar-refractivity contribution in [2.75, 3.05) is 19.7 Å². The van der Waals surface area contributed by atoms with Crippen molar-refractivity contribution in [3.05, 3.63) is 35.9 Å². The molecule has 2 N–H and O–H groups in total. The van der Waals surface area contributed by atoms with Crippen molar-refractivity contribution in [2.45, 2.75) is 62.8 Å². The highest BCUT2D eigenvalue weighted by Gasteiger charge is 2.52. The van der Waals surface area contributed by atoms with Gasteiger partial charge in [0.1, 0.15) is 11.7 Å². The molecule has 1 aromatic rings. The minimum absolute atomic E-state index is 0.169. The Bertz CT molecular complexity index is 579. The molecule has 3 rings (SSSR count). The van der Waals surface area contributed by atoms with Crippen molar-refractivity contribution >= 4 is 5.91 Å². The van der Waals surface area contributed by atoms with Gasteiger partial charge in [-0.05, 0) is 38.2 Å². The molecule has 0 radical (unpaired) electrons. The largest absolute Gasteiger partial charge is 0.387 e. The van der Waals surface area contributed by atoms with Crippen LogP contribution in [0.25, 0.3) is 0 Å². The van der Waals surface area contributed by atoms with Crippen LogP contribution < -0.4 is 0 Å². The number of benzene rings is 1. The highest BCUT2D eigenvalue weighted by Crippen LogP contribution is 2.39. The van der Waals surface area contributed by atoms with Crippen LogP contribution in [0.4, 0.5) is 0 Å². The van der Waals surface area contributed by atoms with Crippen LogP contribution in [0.1, 0.15) is 44.6 Å². The lowest BCUT2D eigenvalue weighted by atomic mass is 9.75. The molecule has 2 saturated heterocycles. The summed E-state index contributed by atoms with van der Waals surface area (Å²) in [5.41, 5.74) is -0.559. The van der Waals surface area contributed by atoms with E-state index in [1.165, 1.54) is 5.56 Å². The van der Waals surface area contributed by atoms with Gasteiger partial charge in [0.05, 0.1) is 12.2 Å². The van der Waals surface area contributed by atoms with Crippen LogP contribution in [0.2, 0.25) is 0 Å². The van der Waals surface area contributed by atoms with Gasteiger partial charge in [0.2, 0.25) is 5.91 Å². The number of aryl methyl sites for hydroxylation is 1. The van der Waals surface area contributed by atoms with Gasteiger partial charge in [-0.1, -0.05) is 30.3 Å². The average molecular weight is 347 g/mol. The molecule has 1 amide bonds. The molecule has 1 spiro atoms. The van der Waals surface area contributed by atoms with Crippen molar-refractivity contribution in [2.24, 2.45) is 0 Å². The van der Waals surface area contributed by atoms with E-state index in [0.717, 1.165) is 12.8 Å². The van der Waals surface area contributed by atoms with Crippen molar-refractivity contribution in [3.63, 3.8) is 0 Å². The number of ether oxygens (including phenoxy) is 1. The van der Waals surface area contributed by atoms with Gasteiger partial charge in [0, 0.05) is 25.9 Å². The van der Waals surface area contributed by atoms with Crippen LogP contribution in [0, 0.1) is 0 Å². The smallest absolute Gasteiger partial charge is 0.222 e. The van der Waals surface area contributed by atoms with Crippen molar-refractivity contribution in [1.82, 2.24) is 4.90 Å². The van der Waals surface area contributed by atoms with E-state index in [1.807, 2.05) is 23.1 Å². The number of piperidine rings is 1. The maximum Gasteiger partial charge on any atom is 0.222 e. The molecule has 2 aliphatic heterocycles. The molecular weight excluding hydrogens is 318 g/mol. The fourth-order valence-electron chi connectivity index (χ4n) is 4.04. The van der Waals surface area contributed by atoms with E-state index in [2.05, 4.69) is 12.1 Å². The first-order chi connectivity index (χ1) is 11.9. The van der Waals surface area contributed by atoms with Crippen molar-refractivity contribution in [3.8, 4) is 0 Å². The Morgan fingerprint density at radius 3 is 2.60 bits per heavy atom. The number of hydrogen-bond acceptors (Lipinski definition) is 4. The summed E-state index contributed by atoms with van der Waals surface area (Å²) < 4.78 is 5.87. The highest BCUT2D eigenvalue weighted by atomic mass is 16.5. The lowest BCUT2D eigenvalue weighted by Gasteiger charge is -2.51. The zero-order valence-corrected chi connectivity index (χ0v) is 15.0. The van der Waals surface area contributed by atoms with Gasteiger partial charge in [-0.25, -0.2) is 0 Å². The number of aliphatic hydroxyl groups excluding tert-OH is 1. The summed E-state index contributed by atoms with van der Waals surface area (Å²) in [6, 6.07) is 10.2. The van der Waals surface area contributed by atoms with Crippen LogP contribution in [0.15, 0.2) is 30.3 Å². The minimum Gasteiger partial charge on any atom is -0.387 e. The molecule has 25 heavy (non-hydrogen) atoms. The number of amides is 1. The number of likely N-dealkylation sites (tertiary alicyclic amines) is 1. The summed E-state index contributed by atoms with van der Waals surface area (Å²) in [7, 11) is 0. The first kappa shape index (κ1) is 18.4. The predicted molar refractivity (Wildman–Crippen MR) is 95.1 cm³/mol. The third kappa shape index (κ3) is 4.05. The maximum atomic E-state index is 12.4. The van der Waals surface area contributed by atoms with E-state index >= 15 is 0 Å². The molecule has 0 aromatic heterocycles. The standard InChI is InChI=1S/C20H29NO4/c1-19(24)12-15-25-20(18(19)23)10-13-21(14-11-20)17(22)9-5-8-16-6-3-2-4-7-16/h2-4,6-7,18,23-24H,5,8-15H2,1H3/t18-,19+/m0/s1. The molecule has 2 heterocycles. The van der Waals surface area contributed by atoms with E-state index in [4.69, 9.17) is 4.74 Å². The van der Waals surface area contributed by atoms with Crippen LogP contribution >= 0.6 is 0 Å². The molecule has 138 valence electrons. The highest BCUT2D eigenvalue weighted by molar-refractivity contribution is 5.76. The molecule has 5 heteroatoms. The van der Waals surface area contributed by atoms with Crippen LogP contribution in [-0.2, 0) is 16.0 Å². The molecule has 0 saturated carbocycles. The third-order valence-electron chi connectivity index (χ3n) is 5.75. The Morgan fingerprint density at radius 2 is 1.92 bits per heavy atom. The number of rotatable bonds is 4. The maximum absolute atomic E-state index is 12.4. The fourth-order valence-corrected chi connectivity index (χ4v) is 4.04. The summed E-state index contributed by atoms with van der Waals surface area (Å²) in [6.45, 7) is 3.28. The summed E-state index contributed by atoms with van der Waals surface area (Å²) in [5, 5.41) is 20.9. The predicted octanol–water partition coefficient (Wildman–Crippen LogP) is 1.90. The van der Waals surface area contributed by atoms with E-state index in [9.17, 15) is 15.0 Å². The average Bonchev–Trinajstić information content (AvgIpc) is 2.61. The molecule has 5 nitrogen and oxygen atoms in total. The van der Waals surface area contributed by atoms with E-state index in [1.54, 1.807) is 6.92 Å². The summed E-state index contributed by atoms with van der Waals surface area (Å²) >= 11 is 0. The third-order valence-corrected chi connectivity index (χ3v) is 5.75. The minimum atomic E-state index is -1.11. The normalized spacial score (nSPS) is 28.9. The molecular formula is C20H29NO4. The van der Waals surface area contributed by atoms with E-state index in [0.29, 0.717) is 45.4 Å². The Morgan fingerprint density at radius 1 is 1.24 bits per heavy atom. The zero-order valence-electron chi connectivity index (χ0n) is 15.0. The SMILES string of the molecule is C[C@@]1(O)CCOC2(CCN(C(=O)CCCc3ccccc3)CC2)[C@H]1O. The molecule has 2 atom stereocenters. The fraction of sp³-hybridized carbons (Fsp3) is 0.650. The Kier molecular flexibility index (Phi) is 5.46. The summed E-state index contributed by atoms with van der Waals surface area (Å²) in [6.07, 6.45) is 3.00. The number of carbonyl (C=O) groups is 1. The van der Waals surface area contributed by atoms with Crippen LogP contribution in [-0.4, -0.2) is 58.0 Å². The van der Waals surface area contributed by atoms with Crippen molar-refractivity contribution in [1.29, 1.82) is 0 Å². The number of carbonyl (C=O) groups excluding carboxylic acids is 1. The van der Waals surface area contributed by atoms with Gasteiger partial charge in [-0.3, -0.25) is 4.79 Å². The number of nitrogens with zero attached hydrogens (tertiary/aromatic N) is 1. The second-order valence-electron chi connectivity index (χ2n) is 7.64. The van der Waals surface area contributed by atoms with Crippen molar-refractivity contribution < 1.29 is 19.7 Å². The molecule has 0 bridgehead atoms.